The number of halogens is 4. The molecule has 2 aromatic carbocycles. The van der Waals surface area contributed by atoms with Gasteiger partial charge in [-0.05, 0) is 36.8 Å². The van der Waals surface area contributed by atoms with E-state index in [1.54, 1.807) is 17.9 Å². The van der Waals surface area contributed by atoms with Crippen LogP contribution in [0.25, 0.3) is 10.9 Å². The summed E-state index contributed by atoms with van der Waals surface area (Å²) >= 11 is 3.31. The number of nitrogens with zero attached hydrogens (tertiary/aromatic N) is 2. The van der Waals surface area contributed by atoms with Crippen molar-refractivity contribution in [1.82, 2.24) is 9.78 Å². The molecule has 1 aromatic heterocycles. The van der Waals surface area contributed by atoms with Crippen molar-refractivity contribution in [2.45, 2.75) is 25.7 Å². The van der Waals surface area contributed by atoms with E-state index < -0.39 is 12.3 Å². The molecule has 0 amide bonds. The van der Waals surface area contributed by atoms with Crippen LogP contribution in [0, 0.1) is 0 Å². The SMILES string of the molecule is COc1ccc(Cn2nc(N)c3c(OC(C)C(F)(F)F)cc(Br)cc32)cc1. The molecule has 1 heterocycles. The van der Waals surface area contributed by atoms with E-state index in [-0.39, 0.29) is 11.6 Å². The third-order valence-electron chi connectivity index (χ3n) is 4.06. The molecular formula is C18H17BrF3N3O2. The van der Waals surface area contributed by atoms with Crippen molar-refractivity contribution in [3.8, 4) is 11.5 Å². The van der Waals surface area contributed by atoms with Crippen LogP contribution >= 0.6 is 15.9 Å². The number of methoxy groups -OCH3 is 1. The van der Waals surface area contributed by atoms with Crippen LogP contribution < -0.4 is 15.2 Å². The minimum Gasteiger partial charge on any atom is -0.497 e. The standard InChI is InChI=1S/C18H17BrF3N3O2/c1-10(18(20,21)22)27-15-8-12(19)7-14-16(15)17(23)24-25(14)9-11-3-5-13(26-2)6-4-11/h3-8,10H,9H2,1-2H3,(H2,23,24). The summed E-state index contributed by atoms with van der Waals surface area (Å²) in [6, 6.07) is 10.6. The van der Waals surface area contributed by atoms with E-state index in [4.69, 9.17) is 15.2 Å². The average molecular weight is 444 g/mol. The van der Waals surface area contributed by atoms with E-state index in [9.17, 15) is 13.2 Å². The van der Waals surface area contributed by atoms with Crippen LogP contribution in [0.4, 0.5) is 19.0 Å². The van der Waals surface area contributed by atoms with Crippen molar-refractivity contribution < 1.29 is 22.6 Å². The van der Waals surface area contributed by atoms with Gasteiger partial charge in [0.15, 0.2) is 11.9 Å². The van der Waals surface area contributed by atoms with E-state index in [2.05, 4.69) is 21.0 Å². The molecule has 0 aliphatic rings. The summed E-state index contributed by atoms with van der Waals surface area (Å²) in [6.07, 6.45) is -6.46. The molecule has 0 spiro atoms. The first kappa shape index (κ1) is 19.3. The van der Waals surface area contributed by atoms with E-state index in [0.717, 1.165) is 18.2 Å². The van der Waals surface area contributed by atoms with Gasteiger partial charge in [-0.1, -0.05) is 28.1 Å². The number of hydrogen-bond donors (Lipinski definition) is 1. The number of ether oxygens (including phenoxy) is 2. The lowest BCUT2D eigenvalue weighted by Gasteiger charge is -2.18. The maximum absolute atomic E-state index is 12.9. The largest absolute Gasteiger partial charge is 0.497 e. The van der Waals surface area contributed by atoms with Crippen molar-refractivity contribution in [3.63, 3.8) is 0 Å². The summed E-state index contributed by atoms with van der Waals surface area (Å²) in [7, 11) is 1.58. The summed E-state index contributed by atoms with van der Waals surface area (Å²) in [5, 5.41) is 4.63. The zero-order valence-corrected chi connectivity index (χ0v) is 16.1. The highest BCUT2D eigenvalue weighted by molar-refractivity contribution is 9.10. The lowest BCUT2D eigenvalue weighted by atomic mass is 10.2. The first-order chi connectivity index (χ1) is 12.7. The van der Waals surface area contributed by atoms with Gasteiger partial charge in [0.1, 0.15) is 11.5 Å². The Labute approximate surface area is 162 Å². The first-order valence-electron chi connectivity index (χ1n) is 8.01. The van der Waals surface area contributed by atoms with Gasteiger partial charge in [-0.15, -0.1) is 0 Å². The van der Waals surface area contributed by atoms with E-state index in [1.165, 1.54) is 6.07 Å². The lowest BCUT2D eigenvalue weighted by Crippen LogP contribution is -2.31. The maximum Gasteiger partial charge on any atom is 0.425 e. The minimum absolute atomic E-state index is 0.0303. The fourth-order valence-electron chi connectivity index (χ4n) is 2.64. The van der Waals surface area contributed by atoms with Crippen molar-refractivity contribution >= 4 is 32.7 Å². The summed E-state index contributed by atoms with van der Waals surface area (Å²) in [6.45, 7) is 1.34. The van der Waals surface area contributed by atoms with Gasteiger partial charge in [-0.3, -0.25) is 4.68 Å². The van der Waals surface area contributed by atoms with Gasteiger partial charge < -0.3 is 15.2 Å². The van der Waals surface area contributed by atoms with Crippen LogP contribution in [-0.2, 0) is 6.54 Å². The summed E-state index contributed by atoms with van der Waals surface area (Å²) in [5.74, 6) is 0.862. The van der Waals surface area contributed by atoms with Crippen LogP contribution in [-0.4, -0.2) is 29.2 Å². The zero-order valence-electron chi connectivity index (χ0n) is 14.5. The third-order valence-corrected chi connectivity index (χ3v) is 4.52. The Kier molecular flexibility index (Phi) is 5.23. The molecular weight excluding hydrogens is 427 g/mol. The summed E-state index contributed by atoms with van der Waals surface area (Å²) in [4.78, 5) is 0. The molecule has 0 aliphatic carbocycles. The number of aromatic nitrogens is 2. The molecule has 9 heteroatoms. The highest BCUT2D eigenvalue weighted by Gasteiger charge is 2.38. The fraction of sp³-hybridized carbons (Fsp3) is 0.278. The molecule has 1 atom stereocenters. The molecule has 5 nitrogen and oxygen atoms in total. The second-order valence-electron chi connectivity index (χ2n) is 5.99. The number of fused-ring (bicyclic) bond motifs is 1. The van der Waals surface area contributed by atoms with Crippen molar-refractivity contribution in [1.29, 1.82) is 0 Å². The van der Waals surface area contributed by atoms with Gasteiger partial charge in [0.05, 0.1) is 24.6 Å². The van der Waals surface area contributed by atoms with Crippen molar-refractivity contribution in [3.05, 3.63) is 46.4 Å². The van der Waals surface area contributed by atoms with Gasteiger partial charge >= 0.3 is 6.18 Å². The van der Waals surface area contributed by atoms with Crippen LogP contribution in [0.5, 0.6) is 11.5 Å². The third kappa shape index (κ3) is 4.13. The second-order valence-corrected chi connectivity index (χ2v) is 6.91. The van der Waals surface area contributed by atoms with Gasteiger partial charge in [0, 0.05) is 4.47 Å². The molecule has 0 saturated heterocycles. The molecule has 2 N–H and O–H groups in total. The molecule has 0 fully saturated rings. The summed E-state index contributed by atoms with van der Waals surface area (Å²) in [5.41, 5.74) is 7.49. The van der Waals surface area contributed by atoms with Gasteiger partial charge in [-0.2, -0.15) is 18.3 Å². The monoisotopic (exact) mass is 443 g/mol. The Morgan fingerprint density at radius 2 is 1.89 bits per heavy atom. The Morgan fingerprint density at radius 3 is 2.48 bits per heavy atom. The number of nitrogens with two attached hydrogens (primary N) is 1. The molecule has 144 valence electrons. The molecule has 0 aliphatic heterocycles. The van der Waals surface area contributed by atoms with Gasteiger partial charge in [0.25, 0.3) is 0 Å². The zero-order chi connectivity index (χ0) is 19.8. The van der Waals surface area contributed by atoms with Gasteiger partial charge in [-0.25, -0.2) is 0 Å². The predicted octanol–water partition coefficient (Wildman–Crippen LogP) is 4.77. The molecule has 3 aromatic rings. The number of anilines is 1. The van der Waals surface area contributed by atoms with Crippen LogP contribution in [0.1, 0.15) is 12.5 Å². The molecule has 0 radical (unpaired) electrons. The average Bonchev–Trinajstić information content (AvgIpc) is 2.90. The van der Waals surface area contributed by atoms with Crippen molar-refractivity contribution in [2.24, 2.45) is 0 Å². The summed E-state index contributed by atoms with van der Waals surface area (Å²) < 4.78 is 51.1. The first-order valence-corrected chi connectivity index (χ1v) is 8.80. The van der Waals surface area contributed by atoms with Gasteiger partial charge in [0.2, 0.25) is 0 Å². The van der Waals surface area contributed by atoms with E-state index in [0.29, 0.717) is 21.9 Å². The number of benzene rings is 2. The quantitative estimate of drug-likeness (QED) is 0.616. The van der Waals surface area contributed by atoms with Crippen LogP contribution in [0.3, 0.4) is 0 Å². The molecule has 0 saturated carbocycles. The molecule has 27 heavy (non-hydrogen) atoms. The topological polar surface area (TPSA) is 62.3 Å². The number of nitrogen functional groups attached to an aromatic ring is 1. The fourth-order valence-corrected chi connectivity index (χ4v) is 3.06. The Hall–Kier alpha value is -2.42. The Balaban J connectivity index is 2.00. The highest BCUT2D eigenvalue weighted by Crippen LogP contribution is 2.36. The van der Waals surface area contributed by atoms with E-state index in [1.807, 2.05) is 24.3 Å². The Morgan fingerprint density at radius 1 is 1.22 bits per heavy atom. The Bertz CT molecular complexity index is 955. The molecule has 1 unspecified atom stereocenters. The molecule has 0 bridgehead atoms. The minimum atomic E-state index is -4.48. The second kappa shape index (κ2) is 7.30. The number of hydrogen-bond acceptors (Lipinski definition) is 4. The normalized spacial score (nSPS) is 13.0. The van der Waals surface area contributed by atoms with E-state index >= 15 is 0 Å². The molecule has 3 rings (SSSR count). The lowest BCUT2D eigenvalue weighted by molar-refractivity contribution is -0.188. The maximum atomic E-state index is 12.9. The van der Waals surface area contributed by atoms with Crippen molar-refractivity contribution in [2.75, 3.05) is 12.8 Å². The smallest absolute Gasteiger partial charge is 0.425 e. The van der Waals surface area contributed by atoms with Crippen LogP contribution in [0.15, 0.2) is 40.9 Å². The number of alkyl halides is 3. The predicted molar refractivity (Wildman–Crippen MR) is 100 cm³/mol. The highest BCUT2D eigenvalue weighted by atomic mass is 79.9. The van der Waals surface area contributed by atoms with Crippen LogP contribution in [0.2, 0.25) is 0 Å². The number of rotatable bonds is 5.